The SMILES string of the molecule is Cc1ccc(-c2nc(CC(C)C)c(I)c(=O)[nH]2)cc1F. The number of aromatic nitrogens is 2. The molecule has 0 aliphatic rings. The highest BCUT2D eigenvalue weighted by Crippen LogP contribution is 2.19. The first-order valence-electron chi connectivity index (χ1n) is 6.43. The van der Waals surface area contributed by atoms with Crippen molar-refractivity contribution < 1.29 is 4.39 Å². The van der Waals surface area contributed by atoms with E-state index in [1.165, 1.54) is 6.07 Å². The molecule has 0 aliphatic carbocycles. The first-order chi connectivity index (χ1) is 9.38. The molecular weight excluding hydrogens is 370 g/mol. The Morgan fingerprint density at radius 1 is 1.40 bits per heavy atom. The fraction of sp³-hybridized carbons (Fsp3) is 0.333. The number of rotatable bonds is 3. The molecule has 0 saturated heterocycles. The fourth-order valence-electron chi connectivity index (χ4n) is 1.90. The summed E-state index contributed by atoms with van der Waals surface area (Å²) in [5, 5.41) is 0. The van der Waals surface area contributed by atoms with Gasteiger partial charge < -0.3 is 4.98 Å². The second kappa shape index (κ2) is 6.03. The highest BCUT2D eigenvalue weighted by atomic mass is 127. The first kappa shape index (κ1) is 15.2. The Hall–Kier alpha value is -1.24. The molecule has 0 spiro atoms. The van der Waals surface area contributed by atoms with E-state index in [2.05, 4.69) is 23.8 Å². The lowest BCUT2D eigenvalue weighted by atomic mass is 10.1. The molecule has 1 aromatic heterocycles. The van der Waals surface area contributed by atoms with Crippen LogP contribution < -0.4 is 5.56 Å². The van der Waals surface area contributed by atoms with Crippen molar-refractivity contribution in [1.82, 2.24) is 9.97 Å². The van der Waals surface area contributed by atoms with Crippen molar-refractivity contribution in [2.24, 2.45) is 5.92 Å². The van der Waals surface area contributed by atoms with Crippen molar-refractivity contribution in [1.29, 1.82) is 0 Å². The third-order valence-corrected chi connectivity index (χ3v) is 4.09. The Balaban J connectivity index is 2.54. The van der Waals surface area contributed by atoms with Crippen LogP contribution in [0, 0.1) is 22.2 Å². The van der Waals surface area contributed by atoms with Gasteiger partial charge in [-0.15, -0.1) is 0 Å². The first-order valence-corrected chi connectivity index (χ1v) is 7.51. The van der Waals surface area contributed by atoms with Crippen LogP contribution in [-0.2, 0) is 6.42 Å². The fourth-order valence-corrected chi connectivity index (χ4v) is 2.38. The van der Waals surface area contributed by atoms with Gasteiger partial charge in [-0.3, -0.25) is 4.79 Å². The predicted molar refractivity (Wildman–Crippen MR) is 86.2 cm³/mol. The molecule has 3 nitrogen and oxygen atoms in total. The van der Waals surface area contributed by atoms with Crippen molar-refractivity contribution in [3.05, 3.63) is 49.2 Å². The molecule has 0 atom stereocenters. The van der Waals surface area contributed by atoms with E-state index in [4.69, 9.17) is 0 Å². The smallest absolute Gasteiger partial charge is 0.264 e. The van der Waals surface area contributed by atoms with Crippen LogP contribution in [0.1, 0.15) is 25.1 Å². The lowest BCUT2D eigenvalue weighted by Gasteiger charge is -2.09. The van der Waals surface area contributed by atoms with Crippen molar-refractivity contribution >= 4 is 22.6 Å². The third kappa shape index (κ3) is 3.26. The van der Waals surface area contributed by atoms with Crippen LogP contribution in [0.2, 0.25) is 0 Å². The topological polar surface area (TPSA) is 45.8 Å². The molecule has 2 rings (SSSR count). The molecule has 0 unspecified atom stereocenters. The minimum Gasteiger partial charge on any atom is -0.306 e. The maximum Gasteiger partial charge on any atom is 0.264 e. The number of H-pyrrole nitrogens is 1. The Bertz CT molecular complexity index is 695. The van der Waals surface area contributed by atoms with E-state index in [0.717, 1.165) is 12.1 Å². The van der Waals surface area contributed by atoms with Crippen molar-refractivity contribution in [3.8, 4) is 11.4 Å². The zero-order valence-corrected chi connectivity index (χ0v) is 13.8. The average molecular weight is 386 g/mol. The second-order valence-electron chi connectivity index (χ2n) is 5.24. The molecule has 106 valence electrons. The minimum atomic E-state index is -0.297. The van der Waals surface area contributed by atoms with Gasteiger partial charge in [-0.2, -0.15) is 0 Å². The number of halogens is 2. The van der Waals surface area contributed by atoms with Crippen LogP contribution in [0.4, 0.5) is 4.39 Å². The normalized spacial score (nSPS) is 11.1. The predicted octanol–water partition coefficient (Wildman–Crippen LogP) is 3.69. The van der Waals surface area contributed by atoms with E-state index >= 15 is 0 Å². The molecule has 0 bridgehead atoms. The van der Waals surface area contributed by atoms with Gasteiger partial charge in [0.25, 0.3) is 5.56 Å². The van der Waals surface area contributed by atoms with Crippen molar-refractivity contribution in [3.63, 3.8) is 0 Å². The molecule has 0 saturated carbocycles. The van der Waals surface area contributed by atoms with Gasteiger partial charge in [0.1, 0.15) is 11.6 Å². The third-order valence-electron chi connectivity index (χ3n) is 2.98. The highest BCUT2D eigenvalue weighted by molar-refractivity contribution is 14.1. The van der Waals surface area contributed by atoms with Gasteiger partial charge in [-0.05, 0) is 53.5 Å². The van der Waals surface area contributed by atoms with Gasteiger partial charge in [0.2, 0.25) is 0 Å². The number of aryl methyl sites for hydroxylation is 1. The van der Waals surface area contributed by atoms with Crippen molar-refractivity contribution in [2.45, 2.75) is 27.2 Å². The summed E-state index contributed by atoms with van der Waals surface area (Å²) in [5.74, 6) is 0.527. The molecule has 0 aliphatic heterocycles. The summed E-state index contributed by atoms with van der Waals surface area (Å²) in [6, 6.07) is 4.85. The molecule has 1 heterocycles. The van der Waals surface area contributed by atoms with Crippen LogP contribution in [0.5, 0.6) is 0 Å². The van der Waals surface area contributed by atoms with Gasteiger partial charge in [0.05, 0.1) is 9.26 Å². The quantitative estimate of drug-likeness (QED) is 0.818. The highest BCUT2D eigenvalue weighted by Gasteiger charge is 2.12. The van der Waals surface area contributed by atoms with E-state index in [1.54, 1.807) is 19.1 Å². The van der Waals surface area contributed by atoms with Crippen LogP contribution >= 0.6 is 22.6 Å². The summed E-state index contributed by atoms with van der Waals surface area (Å²) in [5.41, 5.74) is 1.75. The summed E-state index contributed by atoms with van der Waals surface area (Å²) in [6.07, 6.45) is 0.726. The standard InChI is InChI=1S/C15H16FIN2O/c1-8(2)6-12-13(17)15(20)19-14(18-12)10-5-4-9(3)11(16)7-10/h4-5,7-8H,6H2,1-3H3,(H,18,19,20). The zero-order valence-electron chi connectivity index (χ0n) is 11.6. The summed E-state index contributed by atoms with van der Waals surface area (Å²) in [6.45, 7) is 5.85. The van der Waals surface area contributed by atoms with Gasteiger partial charge in [-0.25, -0.2) is 9.37 Å². The van der Waals surface area contributed by atoms with Gasteiger partial charge in [0, 0.05) is 5.56 Å². The summed E-state index contributed by atoms with van der Waals surface area (Å²) in [7, 11) is 0. The van der Waals surface area contributed by atoms with E-state index in [-0.39, 0.29) is 11.4 Å². The van der Waals surface area contributed by atoms with E-state index in [1.807, 2.05) is 22.6 Å². The molecule has 5 heteroatoms. The number of aromatic amines is 1. The van der Waals surface area contributed by atoms with Gasteiger partial charge in [0.15, 0.2) is 0 Å². The molecule has 0 fully saturated rings. The number of nitrogens with zero attached hydrogens (tertiary/aromatic N) is 1. The molecule has 20 heavy (non-hydrogen) atoms. The molecule has 1 aromatic carbocycles. The summed E-state index contributed by atoms with van der Waals surface area (Å²) < 4.78 is 14.2. The maximum absolute atomic E-state index is 13.6. The average Bonchev–Trinajstić information content (AvgIpc) is 2.37. The van der Waals surface area contributed by atoms with Gasteiger partial charge >= 0.3 is 0 Å². The Kier molecular flexibility index (Phi) is 4.57. The monoisotopic (exact) mass is 386 g/mol. The van der Waals surface area contributed by atoms with Crippen molar-refractivity contribution in [2.75, 3.05) is 0 Å². The van der Waals surface area contributed by atoms with Crippen LogP contribution in [0.15, 0.2) is 23.0 Å². The number of hydrogen-bond acceptors (Lipinski definition) is 2. The van der Waals surface area contributed by atoms with Crippen LogP contribution in [-0.4, -0.2) is 9.97 Å². The van der Waals surface area contributed by atoms with Crippen LogP contribution in [0.25, 0.3) is 11.4 Å². The summed E-state index contributed by atoms with van der Waals surface area (Å²) >= 11 is 2.01. The molecule has 2 aromatic rings. The largest absolute Gasteiger partial charge is 0.306 e. The number of nitrogens with one attached hydrogen (secondary N) is 1. The molecular formula is C15H16FIN2O. The lowest BCUT2D eigenvalue weighted by molar-refractivity contribution is 0.618. The minimum absolute atomic E-state index is 0.174. The molecule has 0 radical (unpaired) electrons. The Labute approximate surface area is 130 Å². The Morgan fingerprint density at radius 3 is 2.70 bits per heavy atom. The lowest BCUT2D eigenvalue weighted by Crippen LogP contribution is -2.17. The summed E-state index contributed by atoms with van der Waals surface area (Å²) in [4.78, 5) is 19.2. The zero-order chi connectivity index (χ0) is 14.9. The second-order valence-corrected chi connectivity index (χ2v) is 6.32. The Morgan fingerprint density at radius 2 is 2.10 bits per heavy atom. The van der Waals surface area contributed by atoms with Crippen LogP contribution in [0.3, 0.4) is 0 Å². The van der Waals surface area contributed by atoms with E-state index in [9.17, 15) is 9.18 Å². The van der Waals surface area contributed by atoms with E-state index < -0.39 is 0 Å². The molecule has 0 amide bonds. The maximum atomic E-state index is 13.6. The number of hydrogen-bond donors (Lipinski definition) is 1. The number of benzene rings is 1. The van der Waals surface area contributed by atoms with Gasteiger partial charge in [-0.1, -0.05) is 26.0 Å². The van der Waals surface area contributed by atoms with E-state index in [0.29, 0.717) is 26.4 Å². The molecule has 1 N–H and O–H groups in total.